The van der Waals surface area contributed by atoms with Gasteiger partial charge in [0, 0.05) is 13.5 Å². The highest BCUT2D eigenvalue weighted by Crippen LogP contribution is 2.13. The summed E-state index contributed by atoms with van der Waals surface area (Å²) in [7, 11) is 1.62. The third-order valence-corrected chi connectivity index (χ3v) is 2.51. The first-order chi connectivity index (χ1) is 7.94. The van der Waals surface area contributed by atoms with Crippen molar-refractivity contribution < 1.29 is 14.3 Å². The van der Waals surface area contributed by atoms with E-state index >= 15 is 0 Å². The first-order valence-electron chi connectivity index (χ1n) is 5.14. The number of hydrogen-bond acceptors (Lipinski definition) is 5. The Morgan fingerprint density at radius 3 is 2.65 bits per heavy atom. The van der Waals surface area contributed by atoms with Crippen LogP contribution in [0.25, 0.3) is 0 Å². The average molecular weight is 259 g/mol. The molecule has 0 amide bonds. The molecule has 0 aliphatic heterocycles. The summed E-state index contributed by atoms with van der Waals surface area (Å²) in [5, 5.41) is 0.238. The van der Waals surface area contributed by atoms with Gasteiger partial charge in [0.2, 0.25) is 0 Å². The Morgan fingerprint density at radius 2 is 2.12 bits per heavy atom. The molecule has 0 aliphatic carbocycles. The maximum atomic E-state index is 11.5. The molecule has 0 fully saturated rings. The normalized spacial score (nSPS) is 11.3. The number of rotatable bonds is 5. The minimum Gasteiger partial charge on any atom is -0.461 e. The quantitative estimate of drug-likeness (QED) is 0.757. The van der Waals surface area contributed by atoms with Crippen molar-refractivity contribution in [1.29, 1.82) is 0 Å². The third kappa shape index (κ3) is 4.66. The van der Waals surface area contributed by atoms with Crippen molar-refractivity contribution in [2.75, 3.05) is 13.7 Å². The Bertz CT molecular complexity index is 379. The van der Waals surface area contributed by atoms with Crippen LogP contribution in [0.5, 0.6) is 0 Å². The molecule has 0 aliphatic rings. The number of aromatic nitrogens is 2. The fourth-order valence-electron chi connectivity index (χ4n) is 0.983. The van der Waals surface area contributed by atoms with Gasteiger partial charge in [-0.15, -0.1) is 0 Å². The Labute approximate surface area is 105 Å². The summed E-state index contributed by atoms with van der Waals surface area (Å²) in [6.45, 7) is 4.11. The van der Waals surface area contributed by atoms with Crippen molar-refractivity contribution >= 4 is 17.6 Å². The van der Waals surface area contributed by atoms with Gasteiger partial charge in [0.05, 0.1) is 24.6 Å². The molecular weight excluding hydrogens is 244 g/mol. The van der Waals surface area contributed by atoms with Crippen LogP contribution < -0.4 is 0 Å². The molecule has 0 bridgehead atoms. The molecule has 6 heteroatoms. The van der Waals surface area contributed by atoms with Crippen LogP contribution in [0, 0.1) is 0 Å². The molecule has 0 spiro atoms. The zero-order chi connectivity index (χ0) is 12.9. The second-order valence-electron chi connectivity index (χ2n) is 4.07. The van der Waals surface area contributed by atoms with Crippen molar-refractivity contribution in [3.8, 4) is 0 Å². The van der Waals surface area contributed by atoms with Gasteiger partial charge in [0.15, 0.2) is 5.69 Å². The first kappa shape index (κ1) is 13.9. The van der Waals surface area contributed by atoms with E-state index in [1.165, 1.54) is 12.4 Å². The molecule has 17 heavy (non-hydrogen) atoms. The van der Waals surface area contributed by atoms with E-state index in [0.717, 1.165) is 0 Å². The second-order valence-corrected chi connectivity index (χ2v) is 4.46. The van der Waals surface area contributed by atoms with Gasteiger partial charge in [-0.1, -0.05) is 11.6 Å². The largest absolute Gasteiger partial charge is 0.461 e. The minimum atomic E-state index is -0.513. The molecule has 5 nitrogen and oxygen atoms in total. The molecule has 1 aromatic heterocycles. The summed E-state index contributed by atoms with van der Waals surface area (Å²) in [4.78, 5) is 19.1. The van der Waals surface area contributed by atoms with Crippen molar-refractivity contribution in [3.05, 3.63) is 23.2 Å². The van der Waals surface area contributed by atoms with E-state index in [4.69, 9.17) is 21.1 Å². The monoisotopic (exact) mass is 258 g/mol. The fraction of sp³-hybridized carbons (Fsp3) is 0.545. The lowest BCUT2D eigenvalue weighted by Crippen LogP contribution is -2.25. The van der Waals surface area contributed by atoms with Crippen LogP contribution in [0.3, 0.4) is 0 Å². The Hall–Kier alpha value is -1.20. The van der Waals surface area contributed by atoms with E-state index in [2.05, 4.69) is 9.97 Å². The molecule has 0 saturated heterocycles. The summed E-state index contributed by atoms with van der Waals surface area (Å²) >= 11 is 5.56. The lowest BCUT2D eigenvalue weighted by Gasteiger charge is -2.22. The minimum absolute atomic E-state index is 0.143. The zero-order valence-corrected chi connectivity index (χ0v) is 10.8. The molecule has 1 rings (SSSR count). The predicted molar refractivity (Wildman–Crippen MR) is 63.0 cm³/mol. The smallest absolute Gasteiger partial charge is 0.358 e. The highest BCUT2D eigenvalue weighted by Gasteiger charge is 2.17. The van der Waals surface area contributed by atoms with Crippen molar-refractivity contribution in [3.63, 3.8) is 0 Å². The topological polar surface area (TPSA) is 61.3 Å². The number of halogens is 1. The summed E-state index contributed by atoms with van der Waals surface area (Å²) in [5.74, 6) is -0.513. The SMILES string of the molecule is COC(C)(C)CCOC(=O)c1cnc(Cl)cn1. The van der Waals surface area contributed by atoms with Crippen molar-refractivity contribution in [2.24, 2.45) is 0 Å². The van der Waals surface area contributed by atoms with E-state index in [1.54, 1.807) is 7.11 Å². The van der Waals surface area contributed by atoms with E-state index in [0.29, 0.717) is 6.42 Å². The number of carbonyl (C=O) groups is 1. The van der Waals surface area contributed by atoms with Crippen LogP contribution in [-0.4, -0.2) is 35.3 Å². The van der Waals surface area contributed by atoms with Crippen LogP contribution in [0.4, 0.5) is 0 Å². The van der Waals surface area contributed by atoms with Gasteiger partial charge in [-0.3, -0.25) is 0 Å². The maximum Gasteiger partial charge on any atom is 0.358 e. The Balaban J connectivity index is 2.43. The van der Waals surface area contributed by atoms with Crippen LogP contribution in [0.2, 0.25) is 5.15 Å². The van der Waals surface area contributed by atoms with Gasteiger partial charge in [0.1, 0.15) is 5.15 Å². The van der Waals surface area contributed by atoms with Gasteiger partial charge < -0.3 is 9.47 Å². The predicted octanol–water partition coefficient (Wildman–Crippen LogP) is 2.10. The highest BCUT2D eigenvalue weighted by atomic mass is 35.5. The summed E-state index contributed by atoms with van der Waals surface area (Å²) < 4.78 is 10.2. The number of esters is 1. The number of methoxy groups -OCH3 is 1. The number of carbonyl (C=O) groups excluding carboxylic acids is 1. The average Bonchev–Trinajstić information content (AvgIpc) is 2.29. The van der Waals surface area contributed by atoms with Gasteiger partial charge in [0.25, 0.3) is 0 Å². The van der Waals surface area contributed by atoms with E-state index in [-0.39, 0.29) is 23.1 Å². The summed E-state index contributed by atoms with van der Waals surface area (Å²) in [5.41, 5.74) is -0.170. The molecule has 0 aromatic carbocycles. The zero-order valence-electron chi connectivity index (χ0n) is 10.1. The standard InChI is InChI=1S/C11H15ClN2O3/c1-11(2,16-3)4-5-17-10(15)8-6-14-9(12)7-13-8/h6-7H,4-5H2,1-3H3. The highest BCUT2D eigenvalue weighted by molar-refractivity contribution is 6.29. The molecule has 0 unspecified atom stereocenters. The van der Waals surface area contributed by atoms with Gasteiger partial charge >= 0.3 is 5.97 Å². The Morgan fingerprint density at radius 1 is 1.41 bits per heavy atom. The molecule has 1 heterocycles. The number of hydrogen-bond donors (Lipinski definition) is 0. The van der Waals surface area contributed by atoms with E-state index in [1.807, 2.05) is 13.8 Å². The van der Waals surface area contributed by atoms with E-state index in [9.17, 15) is 4.79 Å². The lowest BCUT2D eigenvalue weighted by atomic mass is 10.1. The van der Waals surface area contributed by atoms with Crippen LogP contribution in [0.1, 0.15) is 30.8 Å². The maximum absolute atomic E-state index is 11.5. The lowest BCUT2D eigenvalue weighted by molar-refractivity contribution is -0.00581. The molecule has 0 radical (unpaired) electrons. The molecule has 94 valence electrons. The number of nitrogens with zero attached hydrogens (tertiary/aromatic N) is 2. The van der Waals surface area contributed by atoms with Crippen molar-refractivity contribution in [2.45, 2.75) is 25.9 Å². The molecule has 0 saturated carbocycles. The van der Waals surface area contributed by atoms with Crippen LogP contribution in [0.15, 0.2) is 12.4 Å². The third-order valence-electron chi connectivity index (χ3n) is 2.32. The second kappa shape index (κ2) is 5.93. The van der Waals surface area contributed by atoms with E-state index < -0.39 is 5.97 Å². The van der Waals surface area contributed by atoms with Gasteiger partial charge in [-0.25, -0.2) is 14.8 Å². The molecule has 0 atom stereocenters. The van der Waals surface area contributed by atoms with Gasteiger partial charge in [-0.2, -0.15) is 0 Å². The van der Waals surface area contributed by atoms with Gasteiger partial charge in [-0.05, 0) is 13.8 Å². The van der Waals surface area contributed by atoms with Crippen molar-refractivity contribution in [1.82, 2.24) is 9.97 Å². The summed E-state index contributed by atoms with van der Waals surface area (Å²) in [6, 6.07) is 0. The first-order valence-corrected chi connectivity index (χ1v) is 5.52. The fourth-order valence-corrected chi connectivity index (χ4v) is 1.08. The molecule has 0 N–H and O–H groups in total. The van der Waals surface area contributed by atoms with Crippen LogP contribution in [-0.2, 0) is 9.47 Å². The summed E-state index contributed by atoms with van der Waals surface area (Å²) in [6.07, 6.45) is 3.19. The number of ether oxygens (including phenoxy) is 2. The molecule has 1 aromatic rings. The Kier molecular flexibility index (Phi) is 4.84. The molecular formula is C11H15ClN2O3. The van der Waals surface area contributed by atoms with Crippen LogP contribution >= 0.6 is 11.6 Å².